The van der Waals surface area contributed by atoms with Gasteiger partial charge in [-0.15, -0.1) is 0 Å². The molecule has 0 spiro atoms. The minimum Gasteiger partial charge on any atom is -0.330 e. The molecule has 18 heavy (non-hydrogen) atoms. The normalized spacial score (nSPS) is 10.9. The Morgan fingerprint density at radius 2 is 1.83 bits per heavy atom. The van der Waals surface area contributed by atoms with Gasteiger partial charge in [0.1, 0.15) is 0 Å². The topological polar surface area (TPSA) is 30.9 Å². The van der Waals surface area contributed by atoms with Crippen molar-refractivity contribution in [3.05, 3.63) is 51.3 Å². The van der Waals surface area contributed by atoms with Gasteiger partial charge in [0.15, 0.2) is 0 Å². The Morgan fingerprint density at radius 1 is 1.11 bits per heavy atom. The maximum absolute atomic E-state index is 6.07. The molecule has 4 heteroatoms. The van der Waals surface area contributed by atoms with Gasteiger partial charge in [0.25, 0.3) is 0 Å². The fourth-order valence-corrected chi connectivity index (χ4v) is 2.55. The van der Waals surface area contributed by atoms with E-state index in [1.807, 2.05) is 18.2 Å². The first-order valence-corrected chi connectivity index (χ1v) is 6.63. The summed E-state index contributed by atoms with van der Waals surface area (Å²) in [6.45, 7) is 4.84. The monoisotopic (exact) mass is 282 g/mol. The zero-order valence-electron chi connectivity index (χ0n) is 10.5. The van der Waals surface area contributed by atoms with Crippen LogP contribution in [0.2, 0.25) is 10.0 Å². The van der Waals surface area contributed by atoms with E-state index < -0.39 is 0 Å². The second-order valence-electron chi connectivity index (χ2n) is 4.37. The second-order valence-corrected chi connectivity index (χ2v) is 5.18. The number of aryl methyl sites for hydroxylation is 1. The van der Waals surface area contributed by atoms with Crippen LogP contribution in [-0.2, 0) is 6.42 Å². The maximum Gasteiger partial charge on any atom is 0.0613 e. The summed E-state index contributed by atoms with van der Waals surface area (Å²) < 4.78 is 2.17. The maximum atomic E-state index is 6.07. The summed E-state index contributed by atoms with van der Waals surface area (Å²) >= 11 is 12.0. The molecule has 0 fully saturated rings. The zero-order valence-corrected chi connectivity index (χ0v) is 12.0. The molecule has 0 atom stereocenters. The van der Waals surface area contributed by atoms with E-state index in [-0.39, 0.29) is 0 Å². The second kappa shape index (κ2) is 5.35. The molecule has 0 saturated carbocycles. The van der Waals surface area contributed by atoms with Gasteiger partial charge in [0.05, 0.1) is 10.0 Å². The zero-order chi connectivity index (χ0) is 13.3. The van der Waals surface area contributed by atoms with E-state index in [9.17, 15) is 0 Å². The molecule has 2 aromatic rings. The van der Waals surface area contributed by atoms with Crippen molar-refractivity contribution in [3.8, 4) is 5.69 Å². The summed E-state index contributed by atoms with van der Waals surface area (Å²) in [4.78, 5) is 0. The van der Waals surface area contributed by atoms with Gasteiger partial charge in [-0.2, -0.15) is 0 Å². The summed E-state index contributed by atoms with van der Waals surface area (Å²) in [5.74, 6) is 0. The first-order chi connectivity index (χ1) is 8.54. The Balaban J connectivity index is 2.53. The van der Waals surface area contributed by atoms with E-state index in [2.05, 4.69) is 24.5 Å². The summed E-state index contributed by atoms with van der Waals surface area (Å²) in [7, 11) is 0. The highest BCUT2D eigenvalue weighted by atomic mass is 35.5. The van der Waals surface area contributed by atoms with Gasteiger partial charge < -0.3 is 10.3 Å². The van der Waals surface area contributed by atoms with Crippen LogP contribution in [0.5, 0.6) is 0 Å². The molecular weight excluding hydrogens is 267 g/mol. The van der Waals surface area contributed by atoms with Crippen LogP contribution in [0.15, 0.2) is 24.3 Å². The number of aromatic nitrogens is 1. The van der Waals surface area contributed by atoms with Crippen molar-refractivity contribution < 1.29 is 0 Å². The minimum absolute atomic E-state index is 0.571. The van der Waals surface area contributed by atoms with Crippen molar-refractivity contribution in [3.63, 3.8) is 0 Å². The molecule has 1 heterocycles. The highest BCUT2D eigenvalue weighted by Crippen LogP contribution is 2.27. The number of hydrogen-bond donors (Lipinski definition) is 1. The summed E-state index contributed by atoms with van der Waals surface area (Å²) in [5, 5.41) is 1.15. The first-order valence-electron chi connectivity index (χ1n) is 5.88. The van der Waals surface area contributed by atoms with Gasteiger partial charge in [-0.3, -0.25) is 0 Å². The smallest absolute Gasteiger partial charge is 0.0613 e. The lowest BCUT2D eigenvalue weighted by Gasteiger charge is -2.11. The van der Waals surface area contributed by atoms with Crippen LogP contribution in [0.4, 0.5) is 0 Å². The van der Waals surface area contributed by atoms with Crippen LogP contribution in [0.3, 0.4) is 0 Å². The van der Waals surface area contributed by atoms with E-state index in [4.69, 9.17) is 28.9 Å². The largest absolute Gasteiger partial charge is 0.330 e. The molecule has 0 saturated heterocycles. The molecular formula is C14H16Cl2N2. The van der Waals surface area contributed by atoms with Crippen LogP contribution in [0.25, 0.3) is 5.69 Å². The van der Waals surface area contributed by atoms with Gasteiger partial charge in [0.2, 0.25) is 0 Å². The summed E-state index contributed by atoms with van der Waals surface area (Å²) in [5.41, 5.74) is 10.3. The van der Waals surface area contributed by atoms with Crippen molar-refractivity contribution in [2.24, 2.45) is 5.73 Å². The van der Waals surface area contributed by atoms with Gasteiger partial charge in [0, 0.05) is 17.1 Å². The predicted molar refractivity (Wildman–Crippen MR) is 78.0 cm³/mol. The van der Waals surface area contributed by atoms with Crippen molar-refractivity contribution in [2.75, 3.05) is 6.54 Å². The Labute approximate surface area is 117 Å². The van der Waals surface area contributed by atoms with Gasteiger partial charge in [-0.05, 0) is 56.6 Å². The van der Waals surface area contributed by atoms with Gasteiger partial charge in [-0.1, -0.05) is 23.2 Å². The molecule has 0 radical (unpaired) electrons. The Morgan fingerprint density at radius 3 is 2.44 bits per heavy atom. The molecule has 0 aliphatic heterocycles. The van der Waals surface area contributed by atoms with Crippen LogP contribution >= 0.6 is 23.2 Å². The number of rotatable bonds is 3. The fraction of sp³-hybridized carbons (Fsp3) is 0.286. The van der Waals surface area contributed by atoms with Crippen LogP contribution < -0.4 is 5.73 Å². The van der Waals surface area contributed by atoms with E-state index in [1.165, 1.54) is 17.0 Å². The van der Waals surface area contributed by atoms with Crippen molar-refractivity contribution >= 4 is 23.2 Å². The molecule has 0 aliphatic rings. The van der Waals surface area contributed by atoms with E-state index in [1.54, 1.807) is 0 Å². The number of nitrogens with two attached hydrogens (primary N) is 1. The molecule has 1 aromatic carbocycles. The van der Waals surface area contributed by atoms with Crippen LogP contribution in [0, 0.1) is 13.8 Å². The Hall–Kier alpha value is -0.960. The molecule has 2 N–H and O–H groups in total. The molecule has 0 amide bonds. The highest BCUT2D eigenvalue weighted by Gasteiger charge is 2.11. The Bertz CT molecular complexity index is 573. The molecule has 2 rings (SSSR count). The number of halogens is 2. The van der Waals surface area contributed by atoms with E-state index in [0.29, 0.717) is 16.6 Å². The summed E-state index contributed by atoms with van der Waals surface area (Å²) in [6, 6.07) is 7.85. The lowest BCUT2D eigenvalue weighted by molar-refractivity contribution is 0.921. The third-order valence-corrected chi connectivity index (χ3v) is 3.85. The van der Waals surface area contributed by atoms with Crippen molar-refractivity contribution in [1.29, 1.82) is 0 Å². The van der Waals surface area contributed by atoms with Gasteiger partial charge in [-0.25, -0.2) is 0 Å². The fourth-order valence-electron chi connectivity index (χ4n) is 2.26. The van der Waals surface area contributed by atoms with Gasteiger partial charge >= 0.3 is 0 Å². The lowest BCUT2D eigenvalue weighted by Crippen LogP contribution is -2.04. The third-order valence-electron chi connectivity index (χ3n) is 3.11. The number of benzene rings is 1. The predicted octanol–water partition coefficient (Wildman–Crippen LogP) is 3.90. The average Bonchev–Trinajstić information content (AvgIpc) is 2.59. The quantitative estimate of drug-likeness (QED) is 0.909. The molecule has 0 bridgehead atoms. The molecule has 1 aromatic heterocycles. The van der Waals surface area contributed by atoms with Crippen molar-refractivity contribution in [2.45, 2.75) is 20.3 Å². The third kappa shape index (κ3) is 2.41. The van der Waals surface area contributed by atoms with E-state index in [0.717, 1.165) is 12.1 Å². The number of nitrogens with zero attached hydrogens (tertiary/aromatic N) is 1. The minimum atomic E-state index is 0.571. The molecule has 0 aliphatic carbocycles. The lowest BCUT2D eigenvalue weighted by atomic mass is 10.2. The van der Waals surface area contributed by atoms with Crippen LogP contribution in [0.1, 0.15) is 17.0 Å². The van der Waals surface area contributed by atoms with E-state index >= 15 is 0 Å². The molecule has 96 valence electrons. The van der Waals surface area contributed by atoms with Crippen LogP contribution in [-0.4, -0.2) is 11.1 Å². The first kappa shape index (κ1) is 13.5. The molecule has 2 nitrogen and oxygen atoms in total. The summed E-state index contributed by atoms with van der Waals surface area (Å²) in [6.07, 6.45) is 0.890. The standard InChI is InChI=1S/C14H16Cl2N2/c1-9-7-11(5-6-17)10(2)18(9)12-3-4-13(15)14(16)8-12/h3-4,7-8H,5-6,17H2,1-2H3. The average molecular weight is 283 g/mol. The van der Waals surface area contributed by atoms with Crippen molar-refractivity contribution in [1.82, 2.24) is 4.57 Å². The SMILES string of the molecule is Cc1cc(CCN)c(C)n1-c1ccc(Cl)c(Cl)c1. The molecule has 0 unspecified atom stereocenters. The number of hydrogen-bond acceptors (Lipinski definition) is 1. The Kier molecular flexibility index (Phi) is 4.00. The highest BCUT2D eigenvalue weighted by molar-refractivity contribution is 6.42.